The highest BCUT2D eigenvalue weighted by atomic mass is 35.5. The second kappa shape index (κ2) is 6.93. The highest BCUT2D eigenvalue weighted by Gasteiger charge is 2.43. The molecular formula is C20H21Cl2N3O. The second-order valence-corrected chi connectivity index (χ2v) is 8.14. The fourth-order valence-corrected chi connectivity index (χ4v) is 3.32. The Balaban J connectivity index is 2.16. The van der Waals surface area contributed by atoms with Crippen LogP contribution in [0.1, 0.15) is 39.4 Å². The smallest absolute Gasteiger partial charge is 0.196 e. The minimum Gasteiger partial charge on any atom is -0.321 e. The third-order valence-electron chi connectivity index (χ3n) is 4.20. The summed E-state index contributed by atoms with van der Waals surface area (Å²) in [5, 5.41) is 7.85. The van der Waals surface area contributed by atoms with Crippen LogP contribution in [0.3, 0.4) is 0 Å². The molecule has 1 aliphatic rings. The van der Waals surface area contributed by atoms with Gasteiger partial charge in [0.2, 0.25) is 0 Å². The summed E-state index contributed by atoms with van der Waals surface area (Å²) < 4.78 is 0. The Labute approximate surface area is 164 Å². The summed E-state index contributed by atoms with van der Waals surface area (Å²) >= 11 is 12.1. The molecule has 1 atom stereocenters. The van der Waals surface area contributed by atoms with E-state index in [0.29, 0.717) is 15.9 Å². The lowest BCUT2D eigenvalue weighted by molar-refractivity contribution is -0.112. The molecule has 0 amide bonds. The summed E-state index contributed by atoms with van der Waals surface area (Å²) in [5.74, 6) is 0.364. The topological polar surface area (TPSA) is 35.9 Å². The molecule has 136 valence electrons. The van der Waals surface area contributed by atoms with Gasteiger partial charge in [-0.05, 0) is 62.7 Å². The number of benzene rings is 2. The zero-order valence-electron chi connectivity index (χ0n) is 15.2. The van der Waals surface area contributed by atoms with Crippen LogP contribution in [0.2, 0.25) is 10.0 Å². The number of halogens is 2. The van der Waals surface area contributed by atoms with Gasteiger partial charge in [0.15, 0.2) is 17.8 Å². The molecule has 0 saturated carbocycles. The van der Waals surface area contributed by atoms with E-state index in [1.54, 1.807) is 6.92 Å². The van der Waals surface area contributed by atoms with E-state index in [0.717, 1.165) is 11.3 Å². The molecule has 0 radical (unpaired) electrons. The van der Waals surface area contributed by atoms with Gasteiger partial charge in [0, 0.05) is 22.5 Å². The molecular weight excluding hydrogens is 369 g/mol. The van der Waals surface area contributed by atoms with Gasteiger partial charge >= 0.3 is 0 Å². The van der Waals surface area contributed by atoms with Gasteiger partial charge in [-0.1, -0.05) is 35.3 Å². The van der Waals surface area contributed by atoms with E-state index < -0.39 is 0 Å². The number of ketones is 1. The average Bonchev–Trinajstić information content (AvgIpc) is 2.97. The number of Topliss-reactive ketones (excluding diaryl/α,β-unsaturated/α-hetero) is 1. The first-order valence-electron chi connectivity index (χ1n) is 8.37. The van der Waals surface area contributed by atoms with Crippen molar-refractivity contribution in [3.63, 3.8) is 0 Å². The van der Waals surface area contributed by atoms with Crippen molar-refractivity contribution in [2.75, 3.05) is 5.01 Å². The minimum atomic E-state index is -0.310. The zero-order valence-corrected chi connectivity index (χ0v) is 16.7. The van der Waals surface area contributed by atoms with Crippen molar-refractivity contribution >= 4 is 40.5 Å². The van der Waals surface area contributed by atoms with Crippen molar-refractivity contribution in [2.45, 2.75) is 39.4 Å². The Hall–Kier alpha value is -2.04. The van der Waals surface area contributed by atoms with Crippen LogP contribution in [-0.4, -0.2) is 22.1 Å². The van der Waals surface area contributed by atoms with Crippen LogP contribution >= 0.6 is 23.2 Å². The van der Waals surface area contributed by atoms with Gasteiger partial charge < -0.3 is 4.90 Å². The van der Waals surface area contributed by atoms with Crippen molar-refractivity contribution in [1.82, 2.24) is 4.90 Å². The molecule has 0 aliphatic carbocycles. The van der Waals surface area contributed by atoms with E-state index in [9.17, 15) is 4.79 Å². The summed E-state index contributed by atoms with van der Waals surface area (Å²) in [5.41, 5.74) is 1.55. The molecule has 0 N–H and O–H groups in total. The summed E-state index contributed by atoms with van der Waals surface area (Å²) in [6.07, 6.45) is -0.257. The van der Waals surface area contributed by atoms with E-state index in [1.165, 1.54) is 0 Å². The van der Waals surface area contributed by atoms with Crippen LogP contribution in [0.4, 0.5) is 5.69 Å². The van der Waals surface area contributed by atoms with E-state index in [-0.39, 0.29) is 17.5 Å². The molecule has 2 aromatic carbocycles. The fourth-order valence-electron chi connectivity index (χ4n) is 3.07. The first kappa shape index (κ1) is 18.7. The number of anilines is 1. The summed E-state index contributed by atoms with van der Waals surface area (Å²) in [4.78, 5) is 14.4. The van der Waals surface area contributed by atoms with Gasteiger partial charge in [-0.3, -0.25) is 4.79 Å². The number of hydrogen-bond donors (Lipinski definition) is 0. The molecule has 1 heterocycles. The molecule has 0 unspecified atom stereocenters. The van der Waals surface area contributed by atoms with Gasteiger partial charge in [-0.2, -0.15) is 0 Å². The predicted octanol–water partition coefficient (Wildman–Crippen LogP) is 5.52. The average molecular weight is 390 g/mol. The molecule has 0 saturated heterocycles. The van der Waals surface area contributed by atoms with E-state index in [1.807, 2.05) is 58.4 Å². The van der Waals surface area contributed by atoms with Crippen LogP contribution in [0, 0.1) is 0 Å². The summed E-state index contributed by atoms with van der Waals surface area (Å²) in [6, 6.07) is 15.1. The molecule has 3 rings (SSSR count). The Morgan fingerprint density at radius 1 is 0.962 bits per heavy atom. The van der Waals surface area contributed by atoms with Gasteiger partial charge in [0.05, 0.1) is 5.69 Å². The van der Waals surface area contributed by atoms with Crippen molar-refractivity contribution < 1.29 is 4.79 Å². The molecule has 4 nitrogen and oxygen atoms in total. The van der Waals surface area contributed by atoms with Crippen LogP contribution in [0.25, 0.3) is 0 Å². The Kier molecular flexibility index (Phi) is 5.00. The Bertz CT molecular complexity index is 839. The number of hydrogen-bond acceptors (Lipinski definition) is 4. The van der Waals surface area contributed by atoms with E-state index in [2.05, 4.69) is 25.9 Å². The maximum absolute atomic E-state index is 12.3. The summed E-state index contributed by atoms with van der Waals surface area (Å²) in [7, 11) is 0. The molecule has 1 aliphatic heterocycles. The molecule has 0 aromatic heterocycles. The van der Waals surface area contributed by atoms with Crippen LogP contribution in [0.15, 0.2) is 53.6 Å². The highest BCUT2D eigenvalue weighted by Crippen LogP contribution is 2.40. The van der Waals surface area contributed by atoms with Crippen molar-refractivity contribution in [3.8, 4) is 0 Å². The fraction of sp³-hybridized carbons (Fsp3) is 0.300. The molecule has 6 heteroatoms. The standard InChI is InChI=1S/C20H21Cl2N3O/c1-13(26)18-23-25(17-11-9-16(22)10-12-17)19(24(18)20(2,3)4)14-5-7-15(21)8-6-14/h5-12,19H,1-4H3/t19-/m1/s1. The third kappa shape index (κ3) is 3.57. The molecule has 0 bridgehead atoms. The number of nitrogens with zero attached hydrogens (tertiary/aromatic N) is 3. The normalized spacial score (nSPS) is 17.5. The monoisotopic (exact) mass is 389 g/mol. The van der Waals surface area contributed by atoms with Gasteiger partial charge in [-0.25, -0.2) is 5.01 Å². The lowest BCUT2D eigenvalue weighted by Crippen LogP contribution is -2.49. The second-order valence-electron chi connectivity index (χ2n) is 7.27. The molecule has 0 spiro atoms. The minimum absolute atomic E-state index is 0.0737. The van der Waals surface area contributed by atoms with Gasteiger partial charge in [0.1, 0.15) is 0 Å². The maximum atomic E-state index is 12.3. The van der Waals surface area contributed by atoms with Crippen molar-refractivity contribution in [1.29, 1.82) is 0 Å². The zero-order chi connectivity index (χ0) is 19.1. The lowest BCUT2D eigenvalue weighted by atomic mass is 10.0. The first-order valence-corrected chi connectivity index (χ1v) is 9.13. The van der Waals surface area contributed by atoms with Gasteiger partial charge in [0.25, 0.3) is 0 Å². The molecule has 26 heavy (non-hydrogen) atoms. The summed E-state index contributed by atoms with van der Waals surface area (Å²) in [6.45, 7) is 7.75. The largest absolute Gasteiger partial charge is 0.321 e. The number of hydrazone groups is 1. The Morgan fingerprint density at radius 2 is 1.46 bits per heavy atom. The molecule has 2 aromatic rings. The number of carbonyl (C=O) groups excluding carboxylic acids is 1. The number of amidine groups is 1. The van der Waals surface area contributed by atoms with E-state index in [4.69, 9.17) is 23.2 Å². The predicted molar refractivity (Wildman–Crippen MR) is 108 cm³/mol. The van der Waals surface area contributed by atoms with Gasteiger partial charge in [-0.15, -0.1) is 5.10 Å². The Morgan fingerprint density at radius 3 is 1.92 bits per heavy atom. The maximum Gasteiger partial charge on any atom is 0.196 e. The number of carbonyl (C=O) groups is 1. The van der Waals surface area contributed by atoms with Crippen LogP contribution in [0.5, 0.6) is 0 Å². The first-order chi connectivity index (χ1) is 12.2. The van der Waals surface area contributed by atoms with E-state index >= 15 is 0 Å². The molecule has 0 fully saturated rings. The third-order valence-corrected chi connectivity index (χ3v) is 4.71. The van der Waals surface area contributed by atoms with Crippen LogP contribution < -0.4 is 5.01 Å². The quantitative estimate of drug-likeness (QED) is 0.693. The van der Waals surface area contributed by atoms with Crippen LogP contribution in [-0.2, 0) is 4.79 Å². The van der Waals surface area contributed by atoms with Crippen molar-refractivity contribution in [2.24, 2.45) is 5.10 Å². The lowest BCUT2D eigenvalue weighted by Gasteiger charge is -2.40. The van der Waals surface area contributed by atoms with Crippen molar-refractivity contribution in [3.05, 3.63) is 64.1 Å². The SMILES string of the molecule is CC(=O)C1=NN(c2ccc(Cl)cc2)[C@H](c2ccc(Cl)cc2)N1C(C)(C)C. The highest BCUT2D eigenvalue weighted by molar-refractivity contribution is 6.38. The number of rotatable bonds is 3.